The third-order valence-corrected chi connectivity index (χ3v) is 2.71. The molecular weight excluding hydrogens is 244 g/mol. The zero-order chi connectivity index (χ0) is 14.1. The molecule has 1 unspecified atom stereocenters. The number of hydrogen-bond donors (Lipinski definition) is 2. The summed E-state index contributed by atoms with van der Waals surface area (Å²) in [5.74, 6) is -0.595. The lowest BCUT2D eigenvalue weighted by molar-refractivity contribution is -0.145. The molecule has 1 atom stereocenters. The van der Waals surface area contributed by atoms with Crippen molar-refractivity contribution in [2.24, 2.45) is 0 Å². The van der Waals surface area contributed by atoms with Crippen molar-refractivity contribution in [3.63, 3.8) is 0 Å². The molecule has 0 heterocycles. The predicted octanol–water partition coefficient (Wildman–Crippen LogP) is 0.496. The first-order valence-electron chi connectivity index (χ1n) is 6.23. The molecule has 0 spiro atoms. The van der Waals surface area contributed by atoms with Crippen LogP contribution in [0, 0.1) is 0 Å². The highest BCUT2D eigenvalue weighted by atomic mass is 16.5. The molecule has 5 heteroatoms. The first kappa shape index (κ1) is 15.2. The van der Waals surface area contributed by atoms with E-state index in [1.807, 2.05) is 30.3 Å². The lowest BCUT2D eigenvalue weighted by Crippen LogP contribution is -2.43. The van der Waals surface area contributed by atoms with Gasteiger partial charge in [0.2, 0.25) is 5.91 Å². The zero-order valence-corrected chi connectivity index (χ0v) is 11.3. The quantitative estimate of drug-likeness (QED) is 0.704. The Bertz CT molecular complexity index is 406. The summed E-state index contributed by atoms with van der Waals surface area (Å²) in [5, 5.41) is 5.59. The number of nitrogens with one attached hydrogen (secondary N) is 2. The van der Waals surface area contributed by atoms with Crippen molar-refractivity contribution < 1.29 is 14.3 Å². The van der Waals surface area contributed by atoms with Gasteiger partial charge in [-0.05, 0) is 12.6 Å². The number of rotatable bonds is 7. The average Bonchev–Trinajstić information content (AvgIpc) is 2.44. The molecule has 0 saturated heterocycles. The fourth-order valence-electron chi connectivity index (χ4n) is 1.69. The molecule has 0 aliphatic carbocycles. The van der Waals surface area contributed by atoms with Crippen molar-refractivity contribution in [2.75, 3.05) is 20.7 Å². The largest absolute Gasteiger partial charge is 0.467 e. The van der Waals surface area contributed by atoms with Crippen LogP contribution in [-0.2, 0) is 20.7 Å². The second-order valence-corrected chi connectivity index (χ2v) is 4.19. The number of esters is 1. The van der Waals surface area contributed by atoms with E-state index in [9.17, 15) is 9.59 Å². The Morgan fingerprint density at radius 1 is 1.26 bits per heavy atom. The molecule has 0 radical (unpaired) electrons. The molecule has 0 aromatic heterocycles. The van der Waals surface area contributed by atoms with Crippen LogP contribution in [-0.4, -0.2) is 38.6 Å². The molecule has 0 fully saturated rings. The van der Waals surface area contributed by atoms with E-state index >= 15 is 0 Å². The number of carbonyl (C=O) groups is 2. The van der Waals surface area contributed by atoms with Crippen LogP contribution in [0.2, 0.25) is 0 Å². The maximum absolute atomic E-state index is 11.7. The van der Waals surface area contributed by atoms with Gasteiger partial charge in [-0.1, -0.05) is 30.3 Å². The van der Waals surface area contributed by atoms with Crippen LogP contribution < -0.4 is 10.6 Å². The molecule has 1 amide bonds. The molecule has 19 heavy (non-hydrogen) atoms. The monoisotopic (exact) mass is 264 g/mol. The standard InChI is InChI=1S/C14H20N2O3/c1-15-9-8-13(17)16-12(14(18)19-2)10-11-6-4-3-5-7-11/h3-7,12,15H,8-10H2,1-2H3,(H,16,17). The van der Waals surface area contributed by atoms with E-state index in [0.29, 0.717) is 19.4 Å². The van der Waals surface area contributed by atoms with Crippen molar-refractivity contribution in [3.8, 4) is 0 Å². The van der Waals surface area contributed by atoms with Crippen molar-refractivity contribution in [1.29, 1.82) is 0 Å². The summed E-state index contributed by atoms with van der Waals surface area (Å²) >= 11 is 0. The second-order valence-electron chi connectivity index (χ2n) is 4.19. The summed E-state index contributed by atoms with van der Waals surface area (Å²) in [6, 6.07) is 8.88. The highest BCUT2D eigenvalue weighted by molar-refractivity contribution is 5.84. The van der Waals surface area contributed by atoms with Crippen molar-refractivity contribution in [3.05, 3.63) is 35.9 Å². The minimum atomic E-state index is -0.642. The molecule has 104 valence electrons. The van der Waals surface area contributed by atoms with Crippen LogP contribution in [0.3, 0.4) is 0 Å². The van der Waals surface area contributed by atoms with Gasteiger partial charge in [0, 0.05) is 19.4 Å². The van der Waals surface area contributed by atoms with Crippen molar-refractivity contribution in [2.45, 2.75) is 18.9 Å². The van der Waals surface area contributed by atoms with Crippen LogP contribution in [0.5, 0.6) is 0 Å². The minimum Gasteiger partial charge on any atom is -0.467 e. The van der Waals surface area contributed by atoms with Crippen LogP contribution in [0.25, 0.3) is 0 Å². The smallest absolute Gasteiger partial charge is 0.328 e. The van der Waals surface area contributed by atoms with E-state index < -0.39 is 12.0 Å². The van der Waals surface area contributed by atoms with Gasteiger partial charge in [0.15, 0.2) is 0 Å². The van der Waals surface area contributed by atoms with E-state index in [-0.39, 0.29) is 5.91 Å². The van der Waals surface area contributed by atoms with Gasteiger partial charge in [0.25, 0.3) is 0 Å². The number of carbonyl (C=O) groups excluding carboxylic acids is 2. The van der Waals surface area contributed by atoms with E-state index in [0.717, 1.165) is 5.56 Å². The zero-order valence-electron chi connectivity index (χ0n) is 11.3. The van der Waals surface area contributed by atoms with Gasteiger partial charge in [-0.15, -0.1) is 0 Å². The van der Waals surface area contributed by atoms with Crippen LogP contribution in [0.1, 0.15) is 12.0 Å². The molecule has 1 aromatic carbocycles. The van der Waals surface area contributed by atoms with E-state index in [2.05, 4.69) is 10.6 Å². The summed E-state index contributed by atoms with van der Waals surface area (Å²) in [6.07, 6.45) is 0.761. The highest BCUT2D eigenvalue weighted by Crippen LogP contribution is 2.04. The first-order valence-corrected chi connectivity index (χ1v) is 6.23. The van der Waals surface area contributed by atoms with E-state index in [4.69, 9.17) is 4.74 Å². The number of methoxy groups -OCH3 is 1. The molecule has 5 nitrogen and oxygen atoms in total. The first-order chi connectivity index (χ1) is 9.17. The number of benzene rings is 1. The minimum absolute atomic E-state index is 0.166. The fourth-order valence-corrected chi connectivity index (χ4v) is 1.69. The third kappa shape index (κ3) is 5.52. The maximum atomic E-state index is 11.7. The summed E-state index contributed by atoms with van der Waals surface area (Å²) in [4.78, 5) is 23.3. The Morgan fingerprint density at radius 2 is 1.95 bits per heavy atom. The molecule has 1 aromatic rings. The van der Waals surface area contributed by atoms with E-state index in [1.165, 1.54) is 7.11 Å². The van der Waals surface area contributed by atoms with Gasteiger partial charge in [-0.25, -0.2) is 4.79 Å². The molecule has 1 rings (SSSR count). The van der Waals surface area contributed by atoms with Gasteiger partial charge in [0.1, 0.15) is 6.04 Å². The lowest BCUT2D eigenvalue weighted by atomic mass is 10.1. The Balaban J connectivity index is 2.62. The topological polar surface area (TPSA) is 67.4 Å². The summed E-state index contributed by atoms with van der Waals surface area (Å²) in [7, 11) is 3.09. The summed E-state index contributed by atoms with van der Waals surface area (Å²) < 4.78 is 4.72. The molecule has 0 saturated carbocycles. The summed E-state index contributed by atoms with van der Waals surface area (Å²) in [6.45, 7) is 0.574. The van der Waals surface area contributed by atoms with Crippen molar-refractivity contribution >= 4 is 11.9 Å². The molecular formula is C14H20N2O3. The van der Waals surface area contributed by atoms with Gasteiger partial charge in [0.05, 0.1) is 7.11 Å². The molecule has 2 N–H and O–H groups in total. The van der Waals surface area contributed by atoms with Crippen LogP contribution in [0.4, 0.5) is 0 Å². The highest BCUT2D eigenvalue weighted by Gasteiger charge is 2.21. The normalized spacial score (nSPS) is 11.7. The molecule has 0 aliphatic heterocycles. The third-order valence-electron chi connectivity index (χ3n) is 2.71. The van der Waals surface area contributed by atoms with Crippen LogP contribution in [0.15, 0.2) is 30.3 Å². The second kappa shape index (κ2) is 8.26. The van der Waals surface area contributed by atoms with Crippen molar-refractivity contribution in [1.82, 2.24) is 10.6 Å². The van der Waals surface area contributed by atoms with E-state index in [1.54, 1.807) is 7.05 Å². The van der Waals surface area contributed by atoms with Gasteiger partial charge >= 0.3 is 5.97 Å². The number of ether oxygens (including phenoxy) is 1. The van der Waals surface area contributed by atoms with Gasteiger partial charge in [-0.2, -0.15) is 0 Å². The summed E-state index contributed by atoms with van der Waals surface area (Å²) in [5.41, 5.74) is 0.979. The van der Waals surface area contributed by atoms with Gasteiger partial charge in [-0.3, -0.25) is 4.79 Å². The molecule has 0 aliphatic rings. The fraction of sp³-hybridized carbons (Fsp3) is 0.429. The molecule has 0 bridgehead atoms. The SMILES string of the molecule is CNCCC(=O)NC(Cc1ccccc1)C(=O)OC. The number of hydrogen-bond acceptors (Lipinski definition) is 4. The predicted molar refractivity (Wildman–Crippen MR) is 72.6 cm³/mol. The average molecular weight is 264 g/mol. The Kier molecular flexibility index (Phi) is 6.60. The van der Waals surface area contributed by atoms with Gasteiger partial charge < -0.3 is 15.4 Å². The number of amides is 1. The Labute approximate surface area is 113 Å². The lowest BCUT2D eigenvalue weighted by Gasteiger charge is -2.16. The van der Waals surface area contributed by atoms with Crippen LogP contribution >= 0.6 is 0 Å². The Hall–Kier alpha value is -1.88. The Morgan fingerprint density at radius 3 is 2.53 bits per heavy atom. The maximum Gasteiger partial charge on any atom is 0.328 e.